The van der Waals surface area contributed by atoms with Crippen LogP contribution in [0.5, 0.6) is 0 Å². The van der Waals surface area contributed by atoms with Gasteiger partial charge in [0.15, 0.2) is 0 Å². The molecule has 1 aliphatic rings. The van der Waals surface area contributed by atoms with Crippen LogP contribution in [0.2, 0.25) is 0 Å². The SMILES string of the molecule is CCN(CCC#N)CC1CN(CC)CCO1. The highest BCUT2D eigenvalue weighted by Crippen LogP contribution is 2.07. The number of morpholine rings is 1. The number of ether oxygens (including phenoxy) is 1. The molecule has 0 aliphatic carbocycles. The Bertz CT molecular complexity index is 227. The number of hydrogen-bond donors (Lipinski definition) is 0. The molecular weight excluding hydrogens is 202 g/mol. The molecule has 92 valence electrons. The Morgan fingerprint density at radius 1 is 1.50 bits per heavy atom. The minimum absolute atomic E-state index is 0.312. The second-order valence-electron chi connectivity index (χ2n) is 4.19. The monoisotopic (exact) mass is 225 g/mol. The standard InChI is InChI=1S/C12H23N3O/c1-3-14(7-5-6-13)10-12-11-15(4-2)8-9-16-12/h12H,3-5,7-11H2,1-2H3. The molecule has 1 saturated heterocycles. The van der Waals surface area contributed by atoms with Crippen molar-refractivity contribution >= 4 is 0 Å². The molecule has 0 radical (unpaired) electrons. The van der Waals surface area contributed by atoms with E-state index in [-0.39, 0.29) is 0 Å². The van der Waals surface area contributed by atoms with Crippen molar-refractivity contribution in [2.45, 2.75) is 26.4 Å². The molecule has 4 heteroatoms. The van der Waals surface area contributed by atoms with Crippen molar-refractivity contribution in [1.29, 1.82) is 5.26 Å². The predicted octanol–water partition coefficient (Wildman–Crippen LogP) is 0.943. The van der Waals surface area contributed by atoms with Gasteiger partial charge >= 0.3 is 0 Å². The summed E-state index contributed by atoms with van der Waals surface area (Å²) in [5.74, 6) is 0. The largest absolute Gasteiger partial charge is 0.374 e. The summed E-state index contributed by atoms with van der Waals surface area (Å²) in [6.07, 6.45) is 0.922. The average molecular weight is 225 g/mol. The van der Waals surface area contributed by atoms with Gasteiger partial charge in [0.1, 0.15) is 0 Å². The highest BCUT2D eigenvalue weighted by molar-refractivity contribution is 4.77. The normalized spacial score (nSPS) is 22.2. The molecule has 1 rings (SSSR count). The average Bonchev–Trinajstić information content (AvgIpc) is 2.34. The van der Waals surface area contributed by atoms with E-state index in [0.717, 1.165) is 45.9 Å². The zero-order valence-corrected chi connectivity index (χ0v) is 10.5. The number of rotatable bonds is 6. The van der Waals surface area contributed by atoms with Gasteiger partial charge in [-0.2, -0.15) is 5.26 Å². The fraction of sp³-hybridized carbons (Fsp3) is 0.917. The van der Waals surface area contributed by atoms with Crippen LogP contribution in [0, 0.1) is 11.3 Å². The Hall–Kier alpha value is -0.630. The molecule has 0 spiro atoms. The Morgan fingerprint density at radius 2 is 2.31 bits per heavy atom. The first-order chi connectivity index (χ1) is 7.80. The van der Waals surface area contributed by atoms with Gasteiger partial charge < -0.3 is 4.74 Å². The Balaban J connectivity index is 2.30. The van der Waals surface area contributed by atoms with Gasteiger partial charge in [-0.05, 0) is 13.1 Å². The molecule has 0 aromatic carbocycles. The summed E-state index contributed by atoms with van der Waals surface area (Å²) in [4.78, 5) is 4.72. The summed E-state index contributed by atoms with van der Waals surface area (Å²) in [6.45, 7) is 11.2. The summed E-state index contributed by atoms with van der Waals surface area (Å²) in [7, 11) is 0. The molecule has 1 aliphatic heterocycles. The maximum Gasteiger partial charge on any atom is 0.0829 e. The fourth-order valence-electron chi connectivity index (χ4n) is 2.05. The first kappa shape index (κ1) is 13.4. The molecule has 16 heavy (non-hydrogen) atoms. The highest BCUT2D eigenvalue weighted by atomic mass is 16.5. The Kier molecular flexibility index (Phi) is 6.39. The van der Waals surface area contributed by atoms with Crippen LogP contribution in [0.25, 0.3) is 0 Å². The second-order valence-corrected chi connectivity index (χ2v) is 4.19. The van der Waals surface area contributed by atoms with Gasteiger partial charge in [-0.3, -0.25) is 9.80 Å². The topological polar surface area (TPSA) is 39.5 Å². The van der Waals surface area contributed by atoms with Crippen molar-refractivity contribution in [2.24, 2.45) is 0 Å². The third-order valence-electron chi connectivity index (χ3n) is 3.12. The molecule has 1 heterocycles. The maximum absolute atomic E-state index is 8.58. The zero-order chi connectivity index (χ0) is 11.8. The fourth-order valence-corrected chi connectivity index (χ4v) is 2.05. The van der Waals surface area contributed by atoms with Crippen molar-refractivity contribution in [3.8, 4) is 6.07 Å². The first-order valence-corrected chi connectivity index (χ1v) is 6.23. The van der Waals surface area contributed by atoms with Crippen LogP contribution in [-0.4, -0.2) is 61.8 Å². The minimum atomic E-state index is 0.312. The minimum Gasteiger partial charge on any atom is -0.374 e. The van der Waals surface area contributed by atoms with Crippen molar-refractivity contribution in [2.75, 3.05) is 45.9 Å². The lowest BCUT2D eigenvalue weighted by Gasteiger charge is -2.34. The zero-order valence-electron chi connectivity index (χ0n) is 10.5. The van der Waals surface area contributed by atoms with E-state index in [1.807, 2.05) is 0 Å². The first-order valence-electron chi connectivity index (χ1n) is 6.23. The molecular formula is C12H23N3O. The number of hydrogen-bond acceptors (Lipinski definition) is 4. The van der Waals surface area contributed by atoms with E-state index >= 15 is 0 Å². The van der Waals surface area contributed by atoms with E-state index < -0.39 is 0 Å². The number of likely N-dealkylation sites (N-methyl/N-ethyl adjacent to an activating group) is 2. The summed E-state index contributed by atoms with van der Waals surface area (Å²) < 4.78 is 5.76. The Morgan fingerprint density at radius 3 is 2.94 bits per heavy atom. The number of nitriles is 1. The van der Waals surface area contributed by atoms with Crippen LogP contribution >= 0.6 is 0 Å². The molecule has 0 aromatic rings. The van der Waals surface area contributed by atoms with Crippen molar-refractivity contribution in [3.63, 3.8) is 0 Å². The lowest BCUT2D eigenvalue weighted by Crippen LogP contribution is -2.47. The Labute approximate surface area is 98.8 Å². The van der Waals surface area contributed by atoms with Crippen LogP contribution in [-0.2, 0) is 4.74 Å². The smallest absolute Gasteiger partial charge is 0.0829 e. The van der Waals surface area contributed by atoms with E-state index in [1.165, 1.54) is 0 Å². The van der Waals surface area contributed by atoms with Crippen LogP contribution in [0.4, 0.5) is 0 Å². The van der Waals surface area contributed by atoms with Crippen LogP contribution in [0.15, 0.2) is 0 Å². The molecule has 0 saturated carbocycles. The predicted molar refractivity (Wildman–Crippen MR) is 64.2 cm³/mol. The molecule has 0 amide bonds. The summed E-state index contributed by atoms with van der Waals surface area (Å²) in [6, 6.07) is 2.20. The maximum atomic E-state index is 8.58. The van der Waals surface area contributed by atoms with E-state index in [2.05, 4.69) is 29.7 Å². The highest BCUT2D eigenvalue weighted by Gasteiger charge is 2.20. The molecule has 1 unspecified atom stereocenters. The van der Waals surface area contributed by atoms with Crippen LogP contribution < -0.4 is 0 Å². The second kappa shape index (κ2) is 7.61. The van der Waals surface area contributed by atoms with E-state index in [4.69, 9.17) is 10.00 Å². The summed E-state index contributed by atoms with van der Waals surface area (Å²) in [5, 5.41) is 8.58. The van der Waals surface area contributed by atoms with Gasteiger partial charge in [-0.25, -0.2) is 0 Å². The molecule has 4 nitrogen and oxygen atoms in total. The van der Waals surface area contributed by atoms with E-state index in [1.54, 1.807) is 0 Å². The number of nitrogens with zero attached hydrogens (tertiary/aromatic N) is 3. The van der Waals surface area contributed by atoms with Crippen LogP contribution in [0.1, 0.15) is 20.3 Å². The van der Waals surface area contributed by atoms with Gasteiger partial charge in [-0.1, -0.05) is 13.8 Å². The van der Waals surface area contributed by atoms with Gasteiger partial charge in [0.2, 0.25) is 0 Å². The van der Waals surface area contributed by atoms with Crippen molar-refractivity contribution < 1.29 is 4.74 Å². The van der Waals surface area contributed by atoms with Crippen LogP contribution in [0.3, 0.4) is 0 Å². The summed E-state index contributed by atoms with van der Waals surface area (Å²) >= 11 is 0. The third kappa shape index (κ3) is 4.48. The molecule has 0 N–H and O–H groups in total. The molecule has 1 fully saturated rings. The third-order valence-corrected chi connectivity index (χ3v) is 3.12. The lowest BCUT2D eigenvalue weighted by molar-refractivity contribution is -0.0410. The molecule has 0 aromatic heterocycles. The quantitative estimate of drug-likeness (QED) is 0.674. The van der Waals surface area contributed by atoms with Crippen molar-refractivity contribution in [3.05, 3.63) is 0 Å². The van der Waals surface area contributed by atoms with E-state index in [0.29, 0.717) is 12.5 Å². The summed E-state index contributed by atoms with van der Waals surface area (Å²) in [5.41, 5.74) is 0. The molecule has 0 bridgehead atoms. The van der Waals surface area contributed by atoms with Crippen molar-refractivity contribution in [1.82, 2.24) is 9.80 Å². The molecule has 1 atom stereocenters. The van der Waals surface area contributed by atoms with Gasteiger partial charge in [0.05, 0.1) is 18.8 Å². The van der Waals surface area contributed by atoms with Gasteiger partial charge in [0, 0.05) is 32.6 Å². The van der Waals surface area contributed by atoms with Gasteiger partial charge in [0.25, 0.3) is 0 Å². The van der Waals surface area contributed by atoms with Gasteiger partial charge in [-0.15, -0.1) is 0 Å². The lowest BCUT2D eigenvalue weighted by atomic mass is 10.2. The van der Waals surface area contributed by atoms with E-state index in [9.17, 15) is 0 Å².